The Kier molecular flexibility index (Phi) is 5.24. The maximum Gasteiger partial charge on any atom is 0.373 e. The van der Waals surface area contributed by atoms with Gasteiger partial charge in [-0.05, 0) is 24.1 Å². The summed E-state index contributed by atoms with van der Waals surface area (Å²) in [7, 11) is 0. The molecule has 144 valence electrons. The van der Waals surface area contributed by atoms with Crippen LogP contribution < -0.4 is 10.1 Å². The smallest absolute Gasteiger partial charge is 0.373 e. The van der Waals surface area contributed by atoms with E-state index >= 15 is 0 Å². The minimum atomic E-state index is -0.543. The Morgan fingerprint density at radius 3 is 2.62 bits per heavy atom. The number of ether oxygens (including phenoxy) is 1. The first-order valence-corrected chi connectivity index (χ1v) is 9.01. The molecule has 0 saturated heterocycles. The van der Waals surface area contributed by atoms with Crippen LogP contribution in [0.25, 0.3) is 10.9 Å². The fourth-order valence-corrected chi connectivity index (χ4v) is 2.96. The third kappa shape index (κ3) is 4.11. The van der Waals surface area contributed by atoms with Gasteiger partial charge in [-0.2, -0.15) is 4.98 Å². The van der Waals surface area contributed by atoms with Crippen LogP contribution in [-0.2, 0) is 6.42 Å². The van der Waals surface area contributed by atoms with Gasteiger partial charge in [0, 0.05) is 18.1 Å². The number of para-hydroxylation sites is 1. The van der Waals surface area contributed by atoms with Gasteiger partial charge in [-0.25, -0.2) is 4.98 Å². The number of anilines is 1. The second-order valence-corrected chi connectivity index (χ2v) is 6.23. The Hall–Kier alpha value is -4.07. The molecule has 0 aliphatic rings. The van der Waals surface area contributed by atoms with E-state index in [0.717, 1.165) is 10.9 Å². The van der Waals surface area contributed by atoms with Gasteiger partial charge in [0.15, 0.2) is 5.75 Å². The van der Waals surface area contributed by atoms with Crippen LogP contribution in [0.2, 0.25) is 0 Å². The molecule has 0 aliphatic carbocycles. The highest BCUT2D eigenvalue weighted by atomic mass is 16.6. The average molecular weight is 387 g/mol. The van der Waals surface area contributed by atoms with E-state index < -0.39 is 4.92 Å². The van der Waals surface area contributed by atoms with Gasteiger partial charge in [0.2, 0.25) is 5.82 Å². The summed E-state index contributed by atoms with van der Waals surface area (Å²) in [6.07, 6.45) is 3.58. The Morgan fingerprint density at radius 1 is 0.966 bits per heavy atom. The summed E-state index contributed by atoms with van der Waals surface area (Å²) in [5.41, 5.74) is 1.41. The quantitative estimate of drug-likeness (QED) is 0.371. The average Bonchev–Trinajstić information content (AvgIpc) is 2.75. The Morgan fingerprint density at radius 2 is 1.79 bits per heavy atom. The number of rotatable bonds is 7. The molecule has 0 radical (unpaired) electrons. The highest BCUT2D eigenvalue weighted by Crippen LogP contribution is 2.35. The predicted molar refractivity (Wildman–Crippen MR) is 109 cm³/mol. The van der Waals surface area contributed by atoms with Gasteiger partial charge in [0.1, 0.15) is 11.8 Å². The van der Waals surface area contributed by atoms with Gasteiger partial charge in [-0.3, -0.25) is 15.1 Å². The molecule has 4 rings (SSSR count). The van der Waals surface area contributed by atoms with E-state index in [-0.39, 0.29) is 17.4 Å². The highest BCUT2D eigenvalue weighted by molar-refractivity contribution is 5.84. The van der Waals surface area contributed by atoms with Crippen molar-refractivity contribution in [2.75, 3.05) is 11.9 Å². The summed E-state index contributed by atoms with van der Waals surface area (Å²) >= 11 is 0. The zero-order chi connectivity index (χ0) is 20.1. The lowest BCUT2D eigenvalue weighted by molar-refractivity contribution is -0.385. The number of benzene rings is 2. The molecule has 0 spiro atoms. The highest BCUT2D eigenvalue weighted by Gasteiger charge is 2.25. The molecule has 0 aliphatic heterocycles. The summed E-state index contributed by atoms with van der Waals surface area (Å²) in [6.45, 7) is 0.483. The lowest BCUT2D eigenvalue weighted by Gasteiger charge is -2.10. The van der Waals surface area contributed by atoms with Gasteiger partial charge < -0.3 is 10.1 Å². The SMILES string of the molecule is O=[N+]([O-])c1c(NCCc2ccccc2)ncnc1Oc1cccc2cccnc12. The lowest BCUT2D eigenvalue weighted by atomic mass is 10.1. The molecule has 8 nitrogen and oxygen atoms in total. The number of pyridine rings is 1. The van der Waals surface area contributed by atoms with Gasteiger partial charge in [-0.1, -0.05) is 48.5 Å². The molecular formula is C21H17N5O3. The first-order chi connectivity index (χ1) is 14.2. The van der Waals surface area contributed by atoms with Crippen LogP contribution in [0.15, 0.2) is 73.2 Å². The van der Waals surface area contributed by atoms with Gasteiger partial charge in [-0.15, -0.1) is 0 Å². The summed E-state index contributed by atoms with van der Waals surface area (Å²) in [6, 6.07) is 18.9. The molecule has 0 fully saturated rings. The zero-order valence-electron chi connectivity index (χ0n) is 15.4. The van der Waals surface area contributed by atoms with Gasteiger partial charge >= 0.3 is 11.6 Å². The van der Waals surface area contributed by atoms with Crippen LogP contribution in [0.1, 0.15) is 5.56 Å². The number of nitro groups is 1. The van der Waals surface area contributed by atoms with Gasteiger partial charge in [0.05, 0.1) is 4.92 Å². The Balaban J connectivity index is 1.60. The van der Waals surface area contributed by atoms with E-state index in [1.165, 1.54) is 6.33 Å². The van der Waals surface area contributed by atoms with Crippen LogP contribution >= 0.6 is 0 Å². The van der Waals surface area contributed by atoms with Gasteiger partial charge in [0.25, 0.3) is 0 Å². The molecule has 2 aromatic heterocycles. The van der Waals surface area contributed by atoms with Crippen molar-refractivity contribution >= 4 is 22.4 Å². The molecule has 4 aromatic rings. The third-order valence-electron chi connectivity index (χ3n) is 4.32. The molecule has 29 heavy (non-hydrogen) atoms. The minimum Gasteiger partial charge on any atom is -0.431 e. The molecule has 0 saturated carbocycles. The predicted octanol–water partition coefficient (Wildman–Crippen LogP) is 4.38. The Bertz CT molecular complexity index is 1150. The van der Waals surface area contributed by atoms with E-state index in [0.29, 0.717) is 24.2 Å². The van der Waals surface area contributed by atoms with Crippen molar-refractivity contribution in [1.29, 1.82) is 0 Å². The standard InChI is InChI=1S/C21H17N5O3/c27-26(28)19-20(23-13-11-15-6-2-1-3-7-15)24-14-25-21(19)29-17-10-4-8-16-9-5-12-22-18(16)17/h1-10,12,14H,11,13H2,(H,23,24,25). The number of nitrogens with zero attached hydrogens (tertiary/aromatic N) is 4. The number of hydrogen-bond acceptors (Lipinski definition) is 7. The third-order valence-corrected chi connectivity index (χ3v) is 4.32. The van der Waals surface area contributed by atoms with E-state index in [1.807, 2.05) is 48.5 Å². The maximum atomic E-state index is 11.7. The molecular weight excluding hydrogens is 370 g/mol. The monoisotopic (exact) mass is 387 g/mol. The van der Waals surface area contributed by atoms with Crippen LogP contribution in [0.4, 0.5) is 11.5 Å². The van der Waals surface area contributed by atoms with Crippen molar-refractivity contribution in [3.05, 3.63) is 88.9 Å². The largest absolute Gasteiger partial charge is 0.431 e. The summed E-state index contributed by atoms with van der Waals surface area (Å²) in [4.78, 5) is 23.5. The fraction of sp³-hybridized carbons (Fsp3) is 0.0952. The van der Waals surface area contributed by atoms with Crippen molar-refractivity contribution in [3.8, 4) is 11.6 Å². The Labute approximate surface area is 166 Å². The van der Waals surface area contributed by atoms with Crippen molar-refractivity contribution in [3.63, 3.8) is 0 Å². The van der Waals surface area contributed by atoms with E-state index in [9.17, 15) is 10.1 Å². The number of hydrogen-bond donors (Lipinski definition) is 1. The summed E-state index contributed by atoms with van der Waals surface area (Å²) in [5.74, 6) is 0.370. The van der Waals surface area contributed by atoms with Crippen LogP contribution in [0.5, 0.6) is 11.6 Å². The number of nitrogens with one attached hydrogen (secondary N) is 1. The molecule has 1 N–H and O–H groups in total. The zero-order valence-corrected chi connectivity index (χ0v) is 15.4. The lowest BCUT2D eigenvalue weighted by Crippen LogP contribution is -2.10. The number of fused-ring (bicyclic) bond motifs is 1. The second-order valence-electron chi connectivity index (χ2n) is 6.23. The maximum absolute atomic E-state index is 11.7. The van der Waals surface area contributed by atoms with E-state index in [2.05, 4.69) is 20.3 Å². The topological polar surface area (TPSA) is 103 Å². The molecule has 8 heteroatoms. The van der Waals surface area contributed by atoms with Crippen LogP contribution in [0.3, 0.4) is 0 Å². The number of aromatic nitrogens is 3. The molecule has 0 unspecified atom stereocenters. The first kappa shape index (κ1) is 18.3. The minimum absolute atomic E-state index is 0.115. The second kappa shape index (κ2) is 8.30. The van der Waals surface area contributed by atoms with Crippen LogP contribution in [0, 0.1) is 10.1 Å². The molecule has 2 heterocycles. The summed E-state index contributed by atoms with van der Waals surface area (Å²) < 4.78 is 5.79. The van der Waals surface area contributed by atoms with E-state index in [4.69, 9.17) is 4.74 Å². The van der Waals surface area contributed by atoms with Crippen molar-refractivity contribution in [2.45, 2.75) is 6.42 Å². The first-order valence-electron chi connectivity index (χ1n) is 9.01. The van der Waals surface area contributed by atoms with Crippen molar-refractivity contribution in [1.82, 2.24) is 15.0 Å². The molecule has 0 amide bonds. The van der Waals surface area contributed by atoms with E-state index in [1.54, 1.807) is 18.3 Å². The molecule has 2 aromatic carbocycles. The molecule has 0 bridgehead atoms. The van der Waals surface area contributed by atoms with Crippen LogP contribution in [-0.4, -0.2) is 26.4 Å². The summed E-state index contributed by atoms with van der Waals surface area (Å²) in [5, 5.41) is 15.6. The molecule has 0 atom stereocenters. The fourth-order valence-electron chi connectivity index (χ4n) is 2.96. The normalized spacial score (nSPS) is 10.6. The van der Waals surface area contributed by atoms with Crippen molar-refractivity contribution in [2.24, 2.45) is 0 Å². The van der Waals surface area contributed by atoms with Crippen molar-refractivity contribution < 1.29 is 9.66 Å².